The van der Waals surface area contributed by atoms with Crippen molar-refractivity contribution in [3.8, 4) is 17.2 Å². The van der Waals surface area contributed by atoms with Gasteiger partial charge in [-0.3, -0.25) is 4.57 Å². The number of benzene rings is 3. The van der Waals surface area contributed by atoms with Gasteiger partial charge in [0.15, 0.2) is 5.16 Å². The summed E-state index contributed by atoms with van der Waals surface area (Å²) in [5.74, 6) is -1.05. The van der Waals surface area contributed by atoms with Gasteiger partial charge >= 0.3 is 5.97 Å². The summed E-state index contributed by atoms with van der Waals surface area (Å²) in [6, 6.07) is 18.5. The third-order valence-electron chi connectivity index (χ3n) is 4.05. The quantitative estimate of drug-likeness (QED) is 0.490. The molecule has 4 aromatic rings. The number of aromatic nitrogens is 2. The molecule has 0 saturated carbocycles. The predicted octanol–water partition coefficient (Wildman–Crippen LogP) is 4.29. The Bertz CT molecular complexity index is 1150. The lowest BCUT2D eigenvalue weighted by molar-refractivity contribution is 0.0697. The Morgan fingerprint density at radius 1 is 0.963 bits per heavy atom. The van der Waals surface area contributed by atoms with Crippen molar-refractivity contribution >= 4 is 28.8 Å². The summed E-state index contributed by atoms with van der Waals surface area (Å²) in [6.45, 7) is 0. The number of hydrogen-bond donors (Lipinski definition) is 3. The SMILES string of the molecule is O=C(O)c1ccc(-n2c(Sc3ccc(O)cc3O)nc3ccccc32)cc1. The highest BCUT2D eigenvalue weighted by Gasteiger charge is 2.16. The highest BCUT2D eigenvalue weighted by atomic mass is 32.2. The lowest BCUT2D eigenvalue weighted by atomic mass is 10.2. The van der Waals surface area contributed by atoms with E-state index in [9.17, 15) is 15.0 Å². The fourth-order valence-corrected chi connectivity index (χ4v) is 3.70. The number of phenolic OH excluding ortho intramolecular Hbond substituents is 2. The summed E-state index contributed by atoms with van der Waals surface area (Å²) in [7, 11) is 0. The van der Waals surface area contributed by atoms with Gasteiger partial charge in [0.2, 0.25) is 0 Å². The van der Waals surface area contributed by atoms with E-state index in [4.69, 9.17) is 5.11 Å². The second kappa shape index (κ2) is 6.69. The lowest BCUT2D eigenvalue weighted by Gasteiger charge is -2.10. The van der Waals surface area contributed by atoms with Crippen LogP contribution in [0.5, 0.6) is 11.5 Å². The molecule has 0 radical (unpaired) electrons. The first-order chi connectivity index (χ1) is 13.0. The number of fused-ring (bicyclic) bond motifs is 1. The van der Waals surface area contributed by atoms with Gasteiger partial charge in [-0.1, -0.05) is 12.1 Å². The molecular formula is C20H14N2O4S. The molecule has 0 amide bonds. The van der Waals surface area contributed by atoms with Crippen LogP contribution in [0.15, 0.2) is 76.8 Å². The van der Waals surface area contributed by atoms with Crippen LogP contribution in [0, 0.1) is 0 Å². The Balaban J connectivity index is 1.85. The topological polar surface area (TPSA) is 95.6 Å². The number of para-hydroxylation sites is 2. The molecule has 0 aliphatic carbocycles. The number of carboxylic acids is 1. The van der Waals surface area contributed by atoms with Crippen molar-refractivity contribution in [2.75, 3.05) is 0 Å². The second-order valence-electron chi connectivity index (χ2n) is 5.82. The minimum Gasteiger partial charge on any atom is -0.508 e. The molecule has 4 rings (SSSR count). The van der Waals surface area contributed by atoms with Gasteiger partial charge in [-0.15, -0.1) is 0 Å². The lowest BCUT2D eigenvalue weighted by Crippen LogP contribution is -1.99. The molecule has 0 aliphatic rings. The van der Waals surface area contributed by atoms with Crippen molar-refractivity contribution in [3.63, 3.8) is 0 Å². The second-order valence-corrected chi connectivity index (χ2v) is 6.83. The largest absolute Gasteiger partial charge is 0.508 e. The van der Waals surface area contributed by atoms with E-state index in [0.29, 0.717) is 10.1 Å². The maximum absolute atomic E-state index is 11.1. The van der Waals surface area contributed by atoms with E-state index in [0.717, 1.165) is 16.7 Å². The van der Waals surface area contributed by atoms with E-state index in [1.165, 1.54) is 23.9 Å². The van der Waals surface area contributed by atoms with Crippen molar-refractivity contribution in [2.45, 2.75) is 10.1 Å². The van der Waals surface area contributed by atoms with Crippen molar-refractivity contribution in [3.05, 3.63) is 72.3 Å². The molecule has 3 aromatic carbocycles. The molecule has 134 valence electrons. The number of carbonyl (C=O) groups is 1. The Kier molecular flexibility index (Phi) is 4.21. The fourth-order valence-electron chi connectivity index (χ4n) is 2.77. The van der Waals surface area contributed by atoms with E-state index in [2.05, 4.69) is 4.98 Å². The maximum atomic E-state index is 11.1. The van der Waals surface area contributed by atoms with Gasteiger partial charge in [0, 0.05) is 11.8 Å². The highest BCUT2D eigenvalue weighted by Crippen LogP contribution is 2.38. The number of phenols is 2. The van der Waals surface area contributed by atoms with Gasteiger partial charge in [0.05, 0.1) is 21.5 Å². The third-order valence-corrected chi connectivity index (χ3v) is 5.07. The average molecular weight is 378 g/mol. The molecule has 3 N–H and O–H groups in total. The van der Waals surface area contributed by atoms with Crippen LogP contribution in [-0.2, 0) is 0 Å². The summed E-state index contributed by atoms with van der Waals surface area (Å²) in [6.07, 6.45) is 0. The Hall–Kier alpha value is -3.45. The van der Waals surface area contributed by atoms with E-state index in [1.54, 1.807) is 30.3 Å². The van der Waals surface area contributed by atoms with Gasteiger partial charge in [-0.05, 0) is 60.3 Å². The van der Waals surface area contributed by atoms with Gasteiger partial charge in [-0.2, -0.15) is 0 Å². The van der Waals surface area contributed by atoms with Crippen LogP contribution < -0.4 is 0 Å². The van der Waals surface area contributed by atoms with Crippen molar-refractivity contribution in [1.82, 2.24) is 9.55 Å². The Morgan fingerprint density at radius 3 is 2.41 bits per heavy atom. The monoisotopic (exact) mass is 378 g/mol. The van der Waals surface area contributed by atoms with Crippen LogP contribution in [-0.4, -0.2) is 30.8 Å². The molecule has 1 aromatic heterocycles. The first kappa shape index (κ1) is 17.0. The number of hydrogen-bond acceptors (Lipinski definition) is 5. The maximum Gasteiger partial charge on any atom is 0.335 e. The molecule has 1 heterocycles. The fraction of sp³-hybridized carbons (Fsp3) is 0. The molecular weight excluding hydrogens is 364 g/mol. The molecule has 0 atom stereocenters. The number of imidazole rings is 1. The van der Waals surface area contributed by atoms with Crippen LogP contribution >= 0.6 is 11.8 Å². The van der Waals surface area contributed by atoms with E-state index >= 15 is 0 Å². The molecule has 7 heteroatoms. The van der Waals surface area contributed by atoms with E-state index in [1.807, 2.05) is 28.8 Å². The number of nitrogens with zero attached hydrogens (tertiary/aromatic N) is 2. The third kappa shape index (κ3) is 3.20. The van der Waals surface area contributed by atoms with Crippen molar-refractivity contribution in [2.24, 2.45) is 0 Å². The summed E-state index contributed by atoms with van der Waals surface area (Å²) in [4.78, 5) is 16.3. The zero-order chi connectivity index (χ0) is 19.0. The standard InChI is InChI=1S/C20H14N2O4S/c23-14-9-10-18(17(24)11-14)27-20-21-15-3-1-2-4-16(15)22(20)13-7-5-12(6-8-13)19(25)26/h1-11,23-24H,(H,25,26). The molecule has 0 fully saturated rings. The molecule has 0 unspecified atom stereocenters. The zero-order valence-electron chi connectivity index (χ0n) is 13.9. The Labute approximate surface area is 158 Å². The first-order valence-electron chi connectivity index (χ1n) is 8.04. The Morgan fingerprint density at radius 2 is 1.70 bits per heavy atom. The molecule has 6 nitrogen and oxygen atoms in total. The van der Waals surface area contributed by atoms with Crippen molar-refractivity contribution in [1.29, 1.82) is 0 Å². The van der Waals surface area contributed by atoms with Crippen LogP contribution in [0.4, 0.5) is 0 Å². The predicted molar refractivity (Wildman–Crippen MR) is 102 cm³/mol. The molecule has 0 spiro atoms. The summed E-state index contributed by atoms with van der Waals surface area (Å²) in [5.41, 5.74) is 2.60. The van der Waals surface area contributed by atoms with Crippen molar-refractivity contribution < 1.29 is 20.1 Å². The molecule has 27 heavy (non-hydrogen) atoms. The summed E-state index contributed by atoms with van der Waals surface area (Å²) < 4.78 is 1.90. The van der Waals surface area contributed by atoms with E-state index < -0.39 is 5.97 Å². The normalized spacial score (nSPS) is 11.0. The number of aromatic hydroxyl groups is 2. The van der Waals surface area contributed by atoms with E-state index in [-0.39, 0.29) is 17.1 Å². The zero-order valence-corrected chi connectivity index (χ0v) is 14.7. The van der Waals surface area contributed by atoms with Crippen LogP contribution in [0.1, 0.15) is 10.4 Å². The molecule has 0 aliphatic heterocycles. The molecule has 0 saturated heterocycles. The minimum absolute atomic E-state index is 0.0189. The minimum atomic E-state index is -0.986. The number of carboxylic acid groups (broad SMARTS) is 1. The summed E-state index contributed by atoms with van der Waals surface area (Å²) in [5, 5.41) is 29.3. The smallest absolute Gasteiger partial charge is 0.335 e. The van der Waals surface area contributed by atoms with Crippen LogP contribution in [0.2, 0.25) is 0 Å². The van der Waals surface area contributed by atoms with Gasteiger partial charge in [-0.25, -0.2) is 9.78 Å². The first-order valence-corrected chi connectivity index (χ1v) is 8.85. The highest BCUT2D eigenvalue weighted by molar-refractivity contribution is 7.99. The number of rotatable bonds is 4. The van der Waals surface area contributed by atoms with Crippen LogP contribution in [0.3, 0.4) is 0 Å². The number of aromatic carboxylic acids is 1. The van der Waals surface area contributed by atoms with Gasteiger partial charge in [0.1, 0.15) is 11.5 Å². The van der Waals surface area contributed by atoms with Gasteiger partial charge in [0.25, 0.3) is 0 Å². The molecule has 0 bridgehead atoms. The average Bonchev–Trinajstić information content (AvgIpc) is 3.02. The van der Waals surface area contributed by atoms with Gasteiger partial charge < -0.3 is 15.3 Å². The summed E-state index contributed by atoms with van der Waals surface area (Å²) >= 11 is 1.26. The van der Waals surface area contributed by atoms with Crippen LogP contribution in [0.25, 0.3) is 16.7 Å².